The summed E-state index contributed by atoms with van der Waals surface area (Å²) < 4.78 is 1.98. The molecule has 0 saturated carbocycles. The lowest BCUT2D eigenvalue weighted by Crippen LogP contribution is -2.01. The Morgan fingerprint density at radius 2 is 1.83 bits per heavy atom. The van der Waals surface area contributed by atoms with Crippen LogP contribution in [0, 0.1) is 11.3 Å². The summed E-state index contributed by atoms with van der Waals surface area (Å²) in [5.74, 6) is -0.565. The van der Waals surface area contributed by atoms with Gasteiger partial charge in [0.15, 0.2) is 5.71 Å². The average Bonchev–Trinajstić information content (AvgIpc) is 2.96. The van der Waals surface area contributed by atoms with Crippen molar-refractivity contribution in [2.75, 3.05) is 0 Å². The summed E-state index contributed by atoms with van der Waals surface area (Å²) in [4.78, 5) is 15.6. The predicted molar refractivity (Wildman–Crippen MR) is 87.2 cm³/mol. The molecule has 0 bridgehead atoms. The molecule has 5 heteroatoms. The maximum atomic E-state index is 10.9. The van der Waals surface area contributed by atoms with Crippen LogP contribution < -0.4 is 0 Å². The van der Waals surface area contributed by atoms with Gasteiger partial charge < -0.3 is 9.40 Å². The highest BCUT2D eigenvalue weighted by atomic mass is 16.7. The molecule has 3 rings (SSSR count). The van der Waals surface area contributed by atoms with Crippen LogP contribution in [0.15, 0.2) is 65.9 Å². The van der Waals surface area contributed by atoms with E-state index in [1.165, 1.54) is 6.92 Å². The molecular weight excluding hydrogens is 290 g/mol. The van der Waals surface area contributed by atoms with E-state index in [1.54, 1.807) is 0 Å². The van der Waals surface area contributed by atoms with Crippen molar-refractivity contribution in [2.45, 2.75) is 6.92 Å². The highest BCUT2D eigenvalue weighted by Gasteiger charge is 2.15. The minimum atomic E-state index is -0.565. The number of hydrogen-bond acceptors (Lipinski definition) is 4. The summed E-state index contributed by atoms with van der Waals surface area (Å²) >= 11 is 0. The molecule has 0 unspecified atom stereocenters. The van der Waals surface area contributed by atoms with Gasteiger partial charge in [0.25, 0.3) is 0 Å². The highest BCUT2D eigenvalue weighted by Crippen LogP contribution is 2.25. The van der Waals surface area contributed by atoms with Crippen molar-refractivity contribution in [3.63, 3.8) is 0 Å². The van der Waals surface area contributed by atoms with Crippen molar-refractivity contribution in [1.82, 2.24) is 4.57 Å². The van der Waals surface area contributed by atoms with E-state index in [9.17, 15) is 10.1 Å². The number of aromatic nitrogens is 1. The SMILES string of the molecule is CC(=O)O/N=C(\C#N)c1cn(-c2ccccc2)c2ccccc12. The topological polar surface area (TPSA) is 67.4 Å². The standard InChI is InChI=1S/C18H13N3O2/c1-13(22)23-20-17(11-19)16-12-21(14-7-3-2-4-8-14)18-10-6-5-9-15(16)18/h2-10,12H,1H3/b20-17+. The van der Waals surface area contributed by atoms with Crippen LogP contribution in [-0.2, 0) is 9.63 Å². The van der Waals surface area contributed by atoms with Crippen LogP contribution in [0.4, 0.5) is 0 Å². The molecule has 5 nitrogen and oxygen atoms in total. The molecule has 0 aliphatic rings. The van der Waals surface area contributed by atoms with Crippen LogP contribution in [-0.4, -0.2) is 16.2 Å². The molecule has 0 atom stereocenters. The van der Waals surface area contributed by atoms with E-state index < -0.39 is 5.97 Å². The van der Waals surface area contributed by atoms with E-state index in [2.05, 4.69) is 9.99 Å². The maximum absolute atomic E-state index is 10.9. The van der Waals surface area contributed by atoms with E-state index in [-0.39, 0.29) is 5.71 Å². The molecule has 112 valence electrons. The van der Waals surface area contributed by atoms with Gasteiger partial charge in [0.2, 0.25) is 0 Å². The van der Waals surface area contributed by atoms with Gasteiger partial charge in [-0.15, -0.1) is 0 Å². The summed E-state index contributed by atoms with van der Waals surface area (Å²) in [5.41, 5.74) is 2.60. The summed E-state index contributed by atoms with van der Waals surface area (Å²) in [6, 6.07) is 19.5. The Morgan fingerprint density at radius 3 is 2.52 bits per heavy atom. The zero-order chi connectivity index (χ0) is 16.2. The predicted octanol–water partition coefficient (Wildman–Crippen LogP) is 3.42. The van der Waals surface area contributed by atoms with Crippen LogP contribution in [0.2, 0.25) is 0 Å². The lowest BCUT2D eigenvalue weighted by Gasteiger charge is -2.04. The van der Waals surface area contributed by atoms with Crippen molar-refractivity contribution >= 4 is 22.6 Å². The Kier molecular flexibility index (Phi) is 3.89. The lowest BCUT2D eigenvalue weighted by atomic mass is 10.1. The number of nitriles is 1. The highest BCUT2D eigenvalue weighted by molar-refractivity contribution is 6.18. The van der Waals surface area contributed by atoms with Crippen molar-refractivity contribution < 1.29 is 9.63 Å². The normalized spacial score (nSPS) is 11.2. The molecule has 0 aliphatic carbocycles. The molecule has 3 aromatic rings. The van der Waals surface area contributed by atoms with E-state index >= 15 is 0 Å². The number of carbonyl (C=O) groups is 1. The van der Waals surface area contributed by atoms with Crippen molar-refractivity contribution in [1.29, 1.82) is 5.26 Å². The fourth-order valence-electron chi connectivity index (χ4n) is 2.41. The number of hydrogen-bond donors (Lipinski definition) is 0. The quantitative estimate of drug-likeness (QED) is 0.423. The van der Waals surface area contributed by atoms with E-state index in [4.69, 9.17) is 0 Å². The molecular formula is C18H13N3O2. The zero-order valence-corrected chi connectivity index (χ0v) is 12.4. The summed E-state index contributed by atoms with van der Waals surface area (Å²) in [6.07, 6.45) is 1.82. The first kappa shape index (κ1) is 14.5. The van der Waals surface area contributed by atoms with Gasteiger partial charge in [0.1, 0.15) is 6.07 Å². The van der Waals surface area contributed by atoms with Gasteiger partial charge >= 0.3 is 5.97 Å². The van der Waals surface area contributed by atoms with Crippen LogP contribution in [0.3, 0.4) is 0 Å². The van der Waals surface area contributed by atoms with Gasteiger partial charge in [0, 0.05) is 29.8 Å². The molecule has 1 aromatic heterocycles. The molecule has 0 N–H and O–H groups in total. The van der Waals surface area contributed by atoms with Crippen LogP contribution in [0.1, 0.15) is 12.5 Å². The van der Waals surface area contributed by atoms with Crippen molar-refractivity contribution in [2.24, 2.45) is 5.16 Å². The second-order valence-electron chi connectivity index (χ2n) is 4.90. The summed E-state index contributed by atoms with van der Waals surface area (Å²) in [6.45, 7) is 1.24. The third kappa shape index (κ3) is 2.83. The number of nitrogens with zero attached hydrogens (tertiary/aromatic N) is 3. The molecule has 2 aromatic carbocycles. The largest absolute Gasteiger partial charge is 0.332 e. The van der Waals surface area contributed by atoms with Gasteiger partial charge in [-0.3, -0.25) is 0 Å². The molecule has 0 aliphatic heterocycles. The Bertz CT molecular complexity index is 934. The van der Waals surface area contributed by atoms with Crippen molar-refractivity contribution in [3.8, 4) is 11.8 Å². The molecule has 23 heavy (non-hydrogen) atoms. The van der Waals surface area contributed by atoms with Gasteiger partial charge in [-0.25, -0.2) is 4.79 Å². The van der Waals surface area contributed by atoms with Gasteiger partial charge in [-0.05, 0) is 18.2 Å². The Labute approximate surface area is 133 Å². The Balaban J connectivity index is 2.21. The van der Waals surface area contributed by atoms with E-state index in [0.717, 1.165) is 16.6 Å². The first-order valence-corrected chi connectivity index (χ1v) is 7.02. The number of oxime groups is 1. The molecule has 0 fully saturated rings. The van der Waals surface area contributed by atoms with Crippen LogP contribution in [0.5, 0.6) is 0 Å². The number of fused-ring (bicyclic) bond motifs is 1. The monoisotopic (exact) mass is 303 g/mol. The van der Waals surface area contributed by atoms with Crippen molar-refractivity contribution in [3.05, 3.63) is 66.4 Å². The average molecular weight is 303 g/mol. The van der Waals surface area contributed by atoms with Gasteiger partial charge in [-0.2, -0.15) is 5.26 Å². The van der Waals surface area contributed by atoms with Crippen LogP contribution >= 0.6 is 0 Å². The summed E-state index contributed by atoms with van der Waals surface area (Å²) in [7, 11) is 0. The van der Waals surface area contributed by atoms with E-state index in [0.29, 0.717) is 5.56 Å². The third-order valence-electron chi connectivity index (χ3n) is 3.37. The van der Waals surface area contributed by atoms with E-state index in [1.807, 2.05) is 71.4 Å². The molecule has 0 amide bonds. The minimum absolute atomic E-state index is 0.0612. The lowest BCUT2D eigenvalue weighted by molar-refractivity contribution is -0.140. The number of para-hydroxylation sites is 2. The second-order valence-corrected chi connectivity index (χ2v) is 4.90. The van der Waals surface area contributed by atoms with Gasteiger partial charge in [-0.1, -0.05) is 41.6 Å². The fraction of sp³-hybridized carbons (Fsp3) is 0.0556. The minimum Gasteiger partial charge on any atom is -0.317 e. The maximum Gasteiger partial charge on any atom is 0.332 e. The van der Waals surface area contributed by atoms with Gasteiger partial charge in [0.05, 0.1) is 5.52 Å². The number of benzene rings is 2. The Hall–Kier alpha value is -3.39. The summed E-state index contributed by atoms with van der Waals surface area (Å²) in [5, 5.41) is 13.9. The molecule has 0 spiro atoms. The van der Waals surface area contributed by atoms with Crippen LogP contribution in [0.25, 0.3) is 16.6 Å². The second kappa shape index (κ2) is 6.16. The zero-order valence-electron chi connectivity index (χ0n) is 12.4. The Morgan fingerprint density at radius 1 is 1.13 bits per heavy atom. The smallest absolute Gasteiger partial charge is 0.317 e. The fourth-order valence-corrected chi connectivity index (χ4v) is 2.41. The molecule has 1 heterocycles. The molecule has 0 radical (unpaired) electrons. The molecule has 0 saturated heterocycles. The number of rotatable bonds is 3. The first-order valence-electron chi connectivity index (χ1n) is 7.02. The third-order valence-corrected chi connectivity index (χ3v) is 3.37. The number of carbonyl (C=O) groups excluding carboxylic acids is 1. The first-order chi connectivity index (χ1) is 11.2.